The van der Waals surface area contributed by atoms with Gasteiger partial charge < -0.3 is 5.11 Å². The van der Waals surface area contributed by atoms with Crippen LogP contribution in [0.15, 0.2) is 12.3 Å². The summed E-state index contributed by atoms with van der Waals surface area (Å²) in [6.07, 6.45) is 3.98. The third kappa shape index (κ3) is 3.37. The average Bonchev–Trinajstić information content (AvgIpc) is 1.68. The van der Waals surface area contributed by atoms with Crippen molar-refractivity contribution < 1.29 is 5.11 Å². The highest BCUT2D eigenvalue weighted by Crippen LogP contribution is 1.99. The summed E-state index contributed by atoms with van der Waals surface area (Å²) >= 11 is 0. The van der Waals surface area contributed by atoms with E-state index in [0.717, 1.165) is 12.7 Å². The molecule has 0 rings (SSSR count). The zero-order valence-corrected chi connectivity index (χ0v) is 4.89. The average molecular weight is 100 g/mol. The van der Waals surface area contributed by atoms with Gasteiger partial charge in [0.1, 0.15) is 0 Å². The highest BCUT2D eigenvalue weighted by molar-refractivity contribution is 4.77. The maximum absolute atomic E-state index is 8.19. The van der Waals surface area contributed by atoms with Crippen molar-refractivity contribution in [1.82, 2.24) is 0 Å². The van der Waals surface area contributed by atoms with E-state index in [1.165, 1.54) is 0 Å². The van der Waals surface area contributed by atoms with Crippen molar-refractivity contribution in [1.29, 1.82) is 0 Å². The molecule has 1 heteroatoms. The van der Waals surface area contributed by atoms with Gasteiger partial charge in [-0.2, -0.15) is 0 Å². The molecule has 0 aromatic rings. The Bertz CT molecular complexity index is 57.2. The van der Waals surface area contributed by atoms with Crippen molar-refractivity contribution in [3.05, 3.63) is 12.3 Å². The molecule has 0 saturated heterocycles. The first kappa shape index (κ1) is 6.54. The zero-order chi connectivity index (χ0) is 5.70. The Balaban J connectivity index is 3.16. The van der Waals surface area contributed by atoms with E-state index >= 15 is 0 Å². The Labute approximate surface area is 44.7 Å². The minimum atomic E-state index is 0.519. The van der Waals surface area contributed by atoms with Gasteiger partial charge in [0, 0.05) is 0 Å². The predicted molar refractivity (Wildman–Crippen MR) is 31.2 cm³/mol. The standard InChI is InChI=1S/C6H12O/c1-3-6(2)4-5-7/h4-7H,3H2,1-2H3. The van der Waals surface area contributed by atoms with Gasteiger partial charge in [-0.05, 0) is 18.4 Å². The molecular formula is C6H12O. The van der Waals surface area contributed by atoms with Gasteiger partial charge in [-0.15, -0.1) is 0 Å². The topological polar surface area (TPSA) is 20.2 Å². The first-order valence-corrected chi connectivity index (χ1v) is 2.62. The van der Waals surface area contributed by atoms with Crippen molar-refractivity contribution >= 4 is 0 Å². The molecule has 0 aromatic heterocycles. The lowest BCUT2D eigenvalue weighted by Gasteiger charge is -1.94. The van der Waals surface area contributed by atoms with Crippen LogP contribution in [0, 0.1) is 5.92 Å². The van der Waals surface area contributed by atoms with Gasteiger partial charge in [0.15, 0.2) is 0 Å². The van der Waals surface area contributed by atoms with E-state index in [2.05, 4.69) is 13.8 Å². The summed E-state index contributed by atoms with van der Waals surface area (Å²) in [5.74, 6) is 0.519. The van der Waals surface area contributed by atoms with Crippen LogP contribution in [0.5, 0.6) is 0 Å². The lowest BCUT2D eigenvalue weighted by molar-refractivity contribution is 0.464. The van der Waals surface area contributed by atoms with E-state index in [9.17, 15) is 0 Å². The number of aliphatic hydroxyl groups excluding tert-OH is 1. The molecule has 1 N–H and O–H groups in total. The molecule has 0 aromatic carbocycles. The normalized spacial score (nSPS) is 15.1. The van der Waals surface area contributed by atoms with Gasteiger partial charge in [-0.1, -0.05) is 13.8 Å². The number of allylic oxidation sites excluding steroid dienone is 1. The van der Waals surface area contributed by atoms with Gasteiger partial charge in [-0.25, -0.2) is 0 Å². The van der Waals surface area contributed by atoms with Gasteiger partial charge in [0.05, 0.1) is 6.26 Å². The molecule has 0 aliphatic rings. The Morgan fingerprint density at radius 3 is 2.43 bits per heavy atom. The molecule has 42 valence electrons. The van der Waals surface area contributed by atoms with Crippen molar-refractivity contribution in [3.63, 3.8) is 0 Å². The third-order valence-corrected chi connectivity index (χ3v) is 1.06. The quantitative estimate of drug-likeness (QED) is 0.527. The summed E-state index contributed by atoms with van der Waals surface area (Å²) in [7, 11) is 0. The van der Waals surface area contributed by atoms with Crippen LogP contribution in [0.25, 0.3) is 0 Å². The van der Waals surface area contributed by atoms with E-state index in [4.69, 9.17) is 5.11 Å². The lowest BCUT2D eigenvalue weighted by atomic mass is 10.1. The molecule has 0 heterocycles. The second-order valence-electron chi connectivity index (χ2n) is 1.73. The van der Waals surface area contributed by atoms with Crippen molar-refractivity contribution in [2.45, 2.75) is 20.3 Å². The molecule has 0 amide bonds. The van der Waals surface area contributed by atoms with Crippen LogP contribution in [0.2, 0.25) is 0 Å². The monoisotopic (exact) mass is 100 g/mol. The summed E-state index contributed by atoms with van der Waals surface area (Å²) in [4.78, 5) is 0. The fourth-order valence-electron chi connectivity index (χ4n) is 0.283. The molecule has 0 fully saturated rings. The Kier molecular flexibility index (Phi) is 3.48. The number of hydrogen-bond donors (Lipinski definition) is 1. The fraction of sp³-hybridized carbons (Fsp3) is 0.667. The van der Waals surface area contributed by atoms with E-state index < -0.39 is 0 Å². The van der Waals surface area contributed by atoms with Crippen LogP contribution in [0.3, 0.4) is 0 Å². The van der Waals surface area contributed by atoms with Crippen molar-refractivity contribution in [3.8, 4) is 0 Å². The van der Waals surface area contributed by atoms with Crippen LogP contribution in [-0.2, 0) is 0 Å². The maximum atomic E-state index is 8.19. The molecule has 0 bridgehead atoms. The molecule has 1 nitrogen and oxygen atoms in total. The van der Waals surface area contributed by atoms with E-state index in [1.54, 1.807) is 6.08 Å². The first-order chi connectivity index (χ1) is 3.31. The van der Waals surface area contributed by atoms with Crippen LogP contribution in [0.4, 0.5) is 0 Å². The highest BCUT2D eigenvalue weighted by atomic mass is 16.2. The lowest BCUT2D eigenvalue weighted by Crippen LogP contribution is -1.82. The van der Waals surface area contributed by atoms with Crippen LogP contribution in [-0.4, -0.2) is 5.11 Å². The Morgan fingerprint density at radius 1 is 1.71 bits per heavy atom. The molecule has 0 spiro atoms. The second kappa shape index (κ2) is 3.72. The molecule has 0 aliphatic carbocycles. The summed E-state index contributed by atoms with van der Waals surface area (Å²) in [6, 6.07) is 0. The van der Waals surface area contributed by atoms with Crippen molar-refractivity contribution in [2.75, 3.05) is 0 Å². The van der Waals surface area contributed by atoms with E-state index in [-0.39, 0.29) is 0 Å². The fourth-order valence-corrected chi connectivity index (χ4v) is 0.283. The first-order valence-electron chi connectivity index (χ1n) is 2.62. The van der Waals surface area contributed by atoms with Crippen LogP contribution < -0.4 is 0 Å². The van der Waals surface area contributed by atoms with E-state index in [0.29, 0.717) is 5.92 Å². The van der Waals surface area contributed by atoms with E-state index in [1.807, 2.05) is 0 Å². The molecule has 1 unspecified atom stereocenters. The predicted octanol–water partition coefficient (Wildman–Crippen LogP) is 2.10. The number of hydrogen-bond acceptors (Lipinski definition) is 1. The van der Waals surface area contributed by atoms with Gasteiger partial charge in [0.25, 0.3) is 0 Å². The number of aliphatic hydroxyl groups is 1. The Hall–Kier alpha value is -0.460. The van der Waals surface area contributed by atoms with Gasteiger partial charge in [-0.3, -0.25) is 0 Å². The smallest absolute Gasteiger partial charge is 0.0754 e. The molecule has 0 aliphatic heterocycles. The summed E-state index contributed by atoms with van der Waals surface area (Å²) in [6.45, 7) is 4.15. The SMILES string of the molecule is CCC(C)C=CO. The molecule has 7 heavy (non-hydrogen) atoms. The van der Waals surface area contributed by atoms with Crippen LogP contribution >= 0.6 is 0 Å². The largest absolute Gasteiger partial charge is 0.516 e. The van der Waals surface area contributed by atoms with Gasteiger partial charge >= 0.3 is 0 Å². The number of rotatable bonds is 2. The summed E-state index contributed by atoms with van der Waals surface area (Å²) in [5.41, 5.74) is 0. The van der Waals surface area contributed by atoms with Crippen LogP contribution in [0.1, 0.15) is 20.3 Å². The molecule has 0 saturated carbocycles. The highest BCUT2D eigenvalue weighted by Gasteiger charge is 1.87. The third-order valence-electron chi connectivity index (χ3n) is 1.06. The summed E-state index contributed by atoms with van der Waals surface area (Å²) in [5, 5.41) is 8.19. The Morgan fingerprint density at radius 2 is 2.29 bits per heavy atom. The molecule has 1 atom stereocenters. The minimum absolute atomic E-state index is 0.519. The summed E-state index contributed by atoms with van der Waals surface area (Å²) < 4.78 is 0. The molecular weight excluding hydrogens is 88.1 g/mol. The molecule has 0 radical (unpaired) electrons. The van der Waals surface area contributed by atoms with Crippen molar-refractivity contribution in [2.24, 2.45) is 5.92 Å². The maximum Gasteiger partial charge on any atom is 0.0754 e. The second-order valence-corrected chi connectivity index (χ2v) is 1.73. The van der Waals surface area contributed by atoms with Gasteiger partial charge in [0.2, 0.25) is 0 Å². The zero-order valence-electron chi connectivity index (χ0n) is 4.89. The minimum Gasteiger partial charge on any atom is -0.516 e.